The first-order chi connectivity index (χ1) is 11.0. The van der Waals surface area contributed by atoms with E-state index in [0.717, 1.165) is 16.7 Å². The first-order valence-electron chi connectivity index (χ1n) is 7.23. The molecule has 0 fully saturated rings. The van der Waals surface area contributed by atoms with Crippen LogP contribution in [-0.2, 0) is 4.79 Å². The van der Waals surface area contributed by atoms with E-state index in [1.807, 2.05) is 38.1 Å². The van der Waals surface area contributed by atoms with Crippen LogP contribution in [0.3, 0.4) is 0 Å². The van der Waals surface area contributed by atoms with E-state index in [4.69, 9.17) is 14.2 Å². The van der Waals surface area contributed by atoms with Crippen molar-refractivity contribution in [3.8, 4) is 17.2 Å². The Hall–Kier alpha value is -2.75. The number of para-hydroxylation sites is 1. The molecule has 2 rings (SSSR count). The van der Waals surface area contributed by atoms with E-state index in [1.165, 1.54) is 6.08 Å². The molecule has 0 saturated heterocycles. The molecule has 120 valence electrons. The minimum absolute atomic E-state index is 0.419. The molecule has 0 bridgehead atoms. The van der Waals surface area contributed by atoms with Gasteiger partial charge in [0.15, 0.2) is 11.5 Å². The lowest BCUT2D eigenvalue weighted by atomic mass is 10.1. The van der Waals surface area contributed by atoms with E-state index in [2.05, 4.69) is 0 Å². The highest BCUT2D eigenvalue weighted by Gasteiger charge is 2.07. The zero-order valence-corrected chi connectivity index (χ0v) is 13.8. The molecule has 0 atom stereocenters. The number of ether oxygens (including phenoxy) is 3. The SMILES string of the molecule is COc1ccc(C=CC(=O)Oc2c(C)cccc2C)cc1OC. The van der Waals surface area contributed by atoms with Gasteiger partial charge < -0.3 is 14.2 Å². The average Bonchev–Trinajstić information content (AvgIpc) is 2.56. The van der Waals surface area contributed by atoms with Gasteiger partial charge in [-0.1, -0.05) is 24.3 Å². The number of hydrogen-bond donors (Lipinski definition) is 0. The van der Waals surface area contributed by atoms with Crippen molar-refractivity contribution < 1.29 is 19.0 Å². The van der Waals surface area contributed by atoms with Crippen LogP contribution < -0.4 is 14.2 Å². The Kier molecular flexibility index (Phi) is 5.41. The molecule has 0 unspecified atom stereocenters. The minimum Gasteiger partial charge on any atom is -0.493 e. The van der Waals surface area contributed by atoms with Crippen LogP contribution in [0.2, 0.25) is 0 Å². The molecule has 0 aliphatic heterocycles. The second-order valence-corrected chi connectivity index (χ2v) is 5.09. The van der Waals surface area contributed by atoms with Crippen molar-refractivity contribution in [3.05, 3.63) is 59.2 Å². The molecule has 0 radical (unpaired) electrons. The van der Waals surface area contributed by atoms with E-state index in [-0.39, 0.29) is 0 Å². The topological polar surface area (TPSA) is 44.8 Å². The third-order valence-corrected chi connectivity index (χ3v) is 3.43. The Morgan fingerprint density at radius 3 is 2.22 bits per heavy atom. The molecule has 2 aromatic rings. The predicted octanol–water partition coefficient (Wildman–Crippen LogP) is 3.94. The van der Waals surface area contributed by atoms with Gasteiger partial charge in [0.1, 0.15) is 5.75 Å². The molecule has 0 heterocycles. The molecule has 0 aliphatic carbocycles. The summed E-state index contributed by atoms with van der Waals surface area (Å²) in [5.41, 5.74) is 2.68. The highest BCUT2D eigenvalue weighted by molar-refractivity contribution is 5.89. The van der Waals surface area contributed by atoms with Gasteiger partial charge in [-0.2, -0.15) is 0 Å². The van der Waals surface area contributed by atoms with Gasteiger partial charge in [-0.05, 0) is 48.7 Å². The number of esters is 1. The number of hydrogen-bond acceptors (Lipinski definition) is 4. The number of aryl methyl sites for hydroxylation is 2. The van der Waals surface area contributed by atoms with Crippen molar-refractivity contribution in [2.24, 2.45) is 0 Å². The number of carbonyl (C=O) groups is 1. The van der Waals surface area contributed by atoms with E-state index in [1.54, 1.807) is 32.4 Å². The fourth-order valence-corrected chi connectivity index (χ4v) is 2.22. The van der Waals surface area contributed by atoms with Crippen molar-refractivity contribution in [3.63, 3.8) is 0 Å². The lowest BCUT2D eigenvalue weighted by Gasteiger charge is -2.09. The predicted molar refractivity (Wildman–Crippen MR) is 90.1 cm³/mol. The smallest absolute Gasteiger partial charge is 0.336 e. The summed E-state index contributed by atoms with van der Waals surface area (Å²) in [6.45, 7) is 3.82. The van der Waals surface area contributed by atoms with Crippen molar-refractivity contribution in [2.45, 2.75) is 13.8 Å². The first-order valence-corrected chi connectivity index (χ1v) is 7.23. The second kappa shape index (κ2) is 7.49. The summed E-state index contributed by atoms with van der Waals surface area (Å²) in [6, 6.07) is 11.2. The Labute approximate surface area is 136 Å². The molecule has 0 aromatic heterocycles. The highest BCUT2D eigenvalue weighted by atomic mass is 16.5. The zero-order valence-electron chi connectivity index (χ0n) is 13.8. The third kappa shape index (κ3) is 4.13. The summed E-state index contributed by atoms with van der Waals surface area (Å²) in [7, 11) is 3.15. The van der Waals surface area contributed by atoms with Crippen molar-refractivity contribution in [1.29, 1.82) is 0 Å². The number of benzene rings is 2. The minimum atomic E-state index is -0.419. The van der Waals surface area contributed by atoms with E-state index in [0.29, 0.717) is 17.2 Å². The highest BCUT2D eigenvalue weighted by Crippen LogP contribution is 2.28. The van der Waals surface area contributed by atoms with Crippen LogP contribution in [0.15, 0.2) is 42.5 Å². The Bertz CT molecular complexity index is 712. The van der Waals surface area contributed by atoms with Crippen molar-refractivity contribution in [2.75, 3.05) is 14.2 Å². The van der Waals surface area contributed by atoms with Gasteiger partial charge in [-0.15, -0.1) is 0 Å². The van der Waals surface area contributed by atoms with Crippen LogP contribution in [0, 0.1) is 13.8 Å². The fraction of sp³-hybridized carbons (Fsp3) is 0.211. The molecule has 0 N–H and O–H groups in total. The van der Waals surface area contributed by atoms with Crippen LogP contribution in [0.1, 0.15) is 16.7 Å². The van der Waals surface area contributed by atoms with E-state index in [9.17, 15) is 4.79 Å². The Balaban J connectivity index is 2.12. The molecule has 23 heavy (non-hydrogen) atoms. The average molecular weight is 312 g/mol. The second-order valence-electron chi connectivity index (χ2n) is 5.09. The van der Waals surface area contributed by atoms with Gasteiger partial charge >= 0.3 is 5.97 Å². The zero-order chi connectivity index (χ0) is 16.8. The standard InChI is InChI=1S/C19H20O4/c1-13-6-5-7-14(2)19(13)23-18(20)11-9-15-8-10-16(21-3)17(12-15)22-4/h5-12H,1-4H3. The van der Waals surface area contributed by atoms with Crippen molar-refractivity contribution >= 4 is 12.0 Å². The van der Waals surface area contributed by atoms with Crippen LogP contribution in [0.25, 0.3) is 6.08 Å². The van der Waals surface area contributed by atoms with E-state index < -0.39 is 5.97 Å². The summed E-state index contributed by atoms with van der Waals surface area (Å²) < 4.78 is 15.8. The van der Waals surface area contributed by atoms with Crippen LogP contribution >= 0.6 is 0 Å². The number of methoxy groups -OCH3 is 2. The molecule has 0 saturated carbocycles. The first kappa shape index (κ1) is 16.6. The maximum absolute atomic E-state index is 12.0. The summed E-state index contributed by atoms with van der Waals surface area (Å²) in [5, 5.41) is 0. The van der Waals surface area contributed by atoms with E-state index >= 15 is 0 Å². The molecule has 2 aromatic carbocycles. The lowest BCUT2D eigenvalue weighted by molar-refractivity contribution is -0.129. The summed E-state index contributed by atoms with van der Waals surface area (Å²) in [5.74, 6) is 1.44. The summed E-state index contributed by atoms with van der Waals surface area (Å²) >= 11 is 0. The third-order valence-electron chi connectivity index (χ3n) is 3.43. The maximum Gasteiger partial charge on any atom is 0.336 e. The largest absolute Gasteiger partial charge is 0.493 e. The molecule has 4 heteroatoms. The van der Waals surface area contributed by atoms with Gasteiger partial charge in [-0.25, -0.2) is 4.79 Å². The molecule has 0 amide bonds. The Morgan fingerprint density at radius 1 is 0.957 bits per heavy atom. The number of rotatable bonds is 5. The lowest BCUT2D eigenvalue weighted by Crippen LogP contribution is -2.06. The monoisotopic (exact) mass is 312 g/mol. The van der Waals surface area contributed by atoms with Gasteiger partial charge in [-0.3, -0.25) is 0 Å². The van der Waals surface area contributed by atoms with Gasteiger partial charge in [0, 0.05) is 6.08 Å². The summed E-state index contributed by atoms with van der Waals surface area (Å²) in [6.07, 6.45) is 3.07. The quantitative estimate of drug-likeness (QED) is 0.476. The van der Waals surface area contributed by atoms with Crippen molar-refractivity contribution in [1.82, 2.24) is 0 Å². The van der Waals surface area contributed by atoms with Gasteiger partial charge in [0.2, 0.25) is 0 Å². The summed E-state index contributed by atoms with van der Waals surface area (Å²) in [4.78, 5) is 12.0. The fourth-order valence-electron chi connectivity index (χ4n) is 2.22. The molecule has 0 spiro atoms. The van der Waals surface area contributed by atoms with Gasteiger partial charge in [0.25, 0.3) is 0 Å². The molecule has 0 aliphatic rings. The normalized spacial score (nSPS) is 10.6. The Morgan fingerprint density at radius 2 is 1.61 bits per heavy atom. The molecule has 4 nitrogen and oxygen atoms in total. The number of carbonyl (C=O) groups excluding carboxylic acids is 1. The van der Waals surface area contributed by atoms with Gasteiger partial charge in [0.05, 0.1) is 14.2 Å². The van der Waals surface area contributed by atoms with Crippen LogP contribution in [-0.4, -0.2) is 20.2 Å². The maximum atomic E-state index is 12.0. The molecular weight excluding hydrogens is 292 g/mol. The molecular formula is C19H20O4. The van der Waals surface area contributed by atoms with Crippen LogP contribution in [0.4, 0.5) is 0 Å². The van der Waals surface area contributed by atoms with Crippen LogP contribution in [0.5, 0.6) is 17.2 Å².